The summed E-state index contributed by atoms with van der Waals surface area (Å²) in [4.78, 5) is 18.6. The number of H-pyrrole nitrogens is 1. The van der Waals surface area contributed by atoms with E-state index in [2.05, 4.69) is 20.6 Å². The fraction of sp³-hybridized carbons (Fsp3) is 0.238. The van der Waals surface area contributed by atoms with Crippen LogP contribution in [0.4, 0.5) is 5.82 Å². The number of anilines is 1. The highest BCUT2D eigenvalue weighted by Gasteiger charge is 2.51. The number of hydrogen-bond acceptors (Lipinski definition) is 7. The minimum Gasteiger partial charge on any atom is -0.395 e. The smallest absolute Gasteiger partial charge is 0.267 e. The van der Waals surface area contributed by atoms with Crippen LogP contribution < -0.4 is 10.6 Å². The predicted octanol–water partition coefficient (Wildman–Crippen LogP) is 0.279. The summed E-state index contributed by atoms with van der Waals surface area (Å²) in [6.45, 7) is -0.130. The zero-order chi connectivity index (χ0) is 27.1. The van der Waals surface area contributed by atoms with Gasteiger partial charge in [0.1, 0.15) is 11.5 Å². The first-order chi connectivity index (χ1) is 16.7. The van der Waals surface area contributed by atoms with Crippen LogP contribution in [0.1, 0.15) is 10.5 Å². The van der Waals surface area contributed by atoms with Crippen LogP contribution in [0.25, 0.3) is 11.1 Å². The minimum absolute atomic E-state index is 0.0814. The van der Waals surface area contributed by atoms with Gasteiger partial charge in [0.2, 0.25) is 0 Å². The van der Waals surface area contributed by atoms with Crippen molar-refractivity contribution in [2.45, 2.75) is 16.5 Å². The zero-order valence-electron chi connectivity index (χ0n) is 18.8. The predicted molar refractivity (Wildman–Crippen MR) is 141 cm³/mol. The van der Waals surface area contributed by atoms with Gasteiger partial charge in [-0.15, -0.1) is 0 Å². The molecule has 0 fully saturated rings. The molecule has 15 heteroatoms. The van der Waals surface area contributed by atoms with Crippen molar-refractivity contribution in [2.24, 2.45) is 0 Å². The van der Waals surface area contributed by atoms with Crippen LogP contribution in [0, 0.1) is 0 Å². The Balaban J connectivity index is 0.000000558. The molecule has 2 aromatic heterocycles. The van der Waals surface area contributed by atoms with Crippen LogP contribution in [0.3, 0.4) is 0 Å². The molecule has 1 unspecified atom stereocenters. The Hall–Kier alpha value is -2.40. The van der Waals surface area contributed by atoms with Crippen LogP contribution in [-0.4, -0.2) is 92.2 Å². The summed E-state index contributed by atoms with van der Waals surface area (Å²) in [6.07, 6.45) is 2.67. The van der Waals surface area contributed by atoms with E-state index in [0.29, 0.717) is 11.1 Å². The van der Waals surface area contributed by atoms with Gasteiger partial charge in [-0.05, 0) is 24.3 Å². The van der Waals surface area contributed by atoms with Crippen molar-refractivity contribution in [2.75, 3.05) is 18.5 Å². The first-order valence-electron chi connectivity index (χ1n) is 10.2. The van der Waals surface area contributed by atoms with E-state index in [0.717, 1.165) is 5.02 Å². The maximum Gasteiger partial charge on any atom is 0.267 e. The molecule has 0 saturated carbocycles. The molecule has 0 saturated heterocycles. The van der Waals surface area contributed by atoms with Crippen LogP contribution in [0.2, 0.25) is 15.2 Å². The number of hydrogen-bond donors (Lipinski definition) is 7. The average Bonchev–Trinajstić information content (AvgIpc) is 3.28. The normalized spacial score (nSPS) is 13.2. The van der Waals surface area contributed by atoms with Crippen LogP contribution in [0.15, 0.2) is 54.9 Å². The third kappa shape index (κ3) is 7.55. The Kier molecular flexibility index (Phi) is 10.1. The van der Waals surface area contributed by atoms with Crippen LogP contribution >= 0.6 is 23.2 Å². The van der Waals surface area contributed by atoms with Crippen molar-refractivity contribution in [3.05, 3.63) is 70.6 Å². The fourth-order valence-electron chi connectivity index (χ4n) is 2.79. The average molecular weight is 523 g/mol. The minimum atomic E-state index is -3.35. The number of halogens is 2. The lowest BCUT2D eigenvalue weighted by Gasteiger charge is -2.49. The topological polar surface area (TPSA) is 151 Å². The second-order valence-electron chi connectivity index (χ2n) is 7.62. The van der Waals surface area contributed by atoms with E-state index in [4.69, 9.17) is 59.7 Å². The first kappa shape index (κ1) is 29.8. The number of benzene rings is 1. The molecular weight excluding hydrogens is 502 g/mol. The summed E-state index contributed by atoms with van der Waals surface area (Å²) in [5.41, 5.74) is -5.36. The monoisotopic (exact) mass is 522 g/mol. The van der Waals surface area contributed by atoms with Crippen molar-refractivity contribution >= 4 is 66.3 Å². The molecule has 7 N–H and O–H groups in total. The molecule has 1 atom stereocenters. The van der Waals surface area contributed by atoms with E-state index in [-0.39, 0.29) is 29.7 Å². The van der Waals surface area contributed by atoms with Crippen LogP contribution in [-0.2, 0) is 0 Å². The van der Waals surface area contributed by atoms with Gasteiger partial charge in [0.15, 0.2) is 19.3 Å². The molecule has 1 aromatic carbocycles. The molecule has 8 radical (unpaired) electrons. The van der Waals surface area contributed by atoms with E-state index >= 15 is 0 Å². The van der Waals surface area contributed by atoms with Gasteiger partial charge < -0.3 is 36.0 Å². The number of carbonyl (C=O) groups is 1. The summed E-state index contributed by atoms with van der Waals surface area (Å²) in [5, 5.41) is 41.6. The second-order valence-corrected chi connectivity index (χ2v) is 8.46. The van der Waals surface area contributed by atoms with Gasteiger partial charge in [-0.25, -0.2) is 4.98 Å². The van der Waals surface area contributed by atoms with Gasteiger partial charge in [-0.1, -0.05) is 46.5 Å². The fourth-order valence-corrected chi connectivity index (χ4v) is 3.15. The Morgan fingerprint density at radius 3 is 2.19 bits per heavy atom. The van der Waals surface area contributed by atoms with E-state index in [1.165, 1.54) is 24.5 Å². The van der Waals surface area contributed by atoms with E-state index in [1.54, 1.807) is 0 Å². The number of aliphatic hydroxyl groups is 4. The SMILES string of the molecule is Clc1ccccc1.[B]C([B])([B])C(O)(Nc1cc(-c2c[nH]c(C(=O)NCCO)c2)c(Cl)cn1)C([B])(O)O. The lowest BCUT2D eigenvalue weighted by atomic mass is 9.36. The molecular formula is C21H20B4Cl2N4O5. The van der Waals surface area contributed by atoms with Gasteiger partial charge >= 0.3 is 0 Å². The molecule has 0 bridgehead atoms. The molecule has 1 amide bonds. The Bertz CT molecular complexity index is 1140. The Morgan fingerprint density at radius 2 is 1.69 bits per heavy atom. The largest absolute Gasteiger partial charge is 0.395 e. The Morgan fingerprint density at radius 1 is 1.06 bits per heavy atom. The molecule has 0 aliphatic rings. The molecule has 0 spiro atoms. The van der Waals surface area contributed by atoms with E-state index in [9.17, 15) is 20.1 Å². The molecule has 180 valence electrons. The lowest BCUT2D eigenvalue weighted by Crippen LogP contribution is -2.67. The van der Waals surface area contributed by atoms with Gasteiger partial charge in [-0.3, -0.25) is 4.79 Å². The number of nitrogens with one attached hydrogen (secondary N) is 3. The number of aliphatic hydroxyl groups excluding tert-OH is 1. The molecule has 3 rings (SSSR count). The number of aromatic amines is 1. The summed E-state index contributed by atoms with van der Waals surface area (Å²) in [5.74, 6) is -0.612. The van der Waals surface area contributed by atoms with Crippen molar-refractivity contribution in [1.29, 1.82) is 0 Å². The molecule has 36 heavy (non-hydrogen) atoms. The highest BCUT2D eigenvalue weighted by molar-refractivity contribution is 6.60. The van der Waals surface area contributed by atoms with E-state index in [1.807, 2.05) is 30.3 Å². The number of amides is 1. The number of aromatic nitrogens is 2. The maximum absolute atomic E-state index is 12.0. The second kappa shape index (κ2) is 12.2. The zero-order valence-corrected chi connectivity index (χ0v) is 20.3. The van der Waals surface area contributed by atoms with Gasteiger partial charge in [-0.2, -0.15) is 0 Å². The van der Waals surface area contributed by atoms with Crippen LogP contribution in [0.5, 0.6) is 0 Å². The van der Waals surface area contributed by atoms with Crippen molar-refractivity contribution in [3.8, 4) is 11.1 Å². The first-order valence-corrected chi connectivity index (χ1v) is 11.0. The number of pyridine rings is 1. The molecule has 0 aliphatic heterocycles. The summed E-state index contributed by atoms with van der Waals surface area (Å²) in [6, 6.07) is 12.2. The molecule has 2 heterocycles. The number of rotatable bonds is 8. The summed E-state index contributed by atoms with van der Waals surface area (Å²) < 4.78 is 0. The van der Waals surface area contributed by atoms with Gasteiger partial charge in [0, 0.05) is 35.1 Å². The highest BCUT2D eigenvalue weighted by Crippen LogP contribution is 2.37. The van der Waals surface area contributed by atoms with Crippen molar-refractivity contribution in [3.63, 3.8) is 0 Å². The standard InChI is InChI=1S/C15H15B4ClN4O5.C6H5Cl/c16-14(17,18)13(27,15(19,28)29)24-11-4-8(9(20)6-23-11)7-3-10(22-5-7)12(26)21-1-2-25;7-6-4-2-1-3-5-6/h3-6,22,25,27-29H,1-2H2,(H,21,26)(H,23,24);1-5H. The molecule has 3 aromatic rings. The number of carbonyl (C=O) groups excluding carboxylic acids is 1. The highest BCUT2D eigenvalue weighted by atomic mass is 35.5. The number of nitrogens with zero attached hydrogens (tertiary/aromatic N) is 1. The maximum atomic E-state index is 12.0. The van der Waals surface area contributed by atoms with Crippen molar-refractivity contribution < 1.29 is 25.2 Å². The van der Waals surface area contributed by atoms with Crippen molar-refractivity contribution in [1.82, 2.24) is 15.3 Å². The Labute approximate surface area is 223 Å². The lowest BCUT2D eigenvalue weighted by molar-refractivity contribution is -0.205. The molecule has 0 aliphatic carbocycles. The summed E-state index contributed by atoms with van der Waals surface area (Å²) in [7, 11) is 21.4. The van der Waals surface area contributed by atoms with Gasteiger partial charge in [0.25, 0.3) is 5.91 Å². The third-order valence-electron chi connectivity index (χ3n) is 4.69. The summed E-state index contributed by atoms with van der Waals surface area (Å²) >= 11 is 11.7. The van der Waals surface area contributed by atoms with Gasteiger partial charge in [0.05, 0.1) is 35.2 Å². The molecule has 9 nitrogen and oxygen atoms in total. The van der Waals surface area contributed by atoms with E-state index < -0.39 is 22.4 Å². The third-order valence-corrected chi connectivity index (χ3v) is 5.25. The quantitative estimate of drug-likeness (QED) is 0.166.